The van der Waals surface area contributed by atoms with Gasteiger partial charge in [-0.1, -0.05) is 49.4 Å². The quantitative estimate of drug-likeness (QED) is 0.697. The van der Waals surface area contributed by atoms with Gasteiger partial charge in [0.2, 0.25) is 0 Å². The molecule has 3 aromatic carbocycles. The molecule has 3 rings (SSSR count). The van der Waals surface area contributed by atoms with E-state index in [1.54, 1.807) is 7.11 Å². The molecule has 0 radical (unpaired) electrons. The minimum Gasteiger partial charge on any atom is -0.497 e. The van der Waals surface area contributed by atoms with E-state index >= 15 is 0 Å². The first-order chi connectivity index (χ1) is 12.7. The van der Waals surface area contributed by atoms with E-state index in [4.69, 9.17) is 9.47 Å². The molecule has 0 bridgehead atoms. The van der Waals surface area contributed by atoms with Crippen LogP contribution in [0, 0.1) is 0 Å². The molecule has 1 amide bonds. The lowest BCUT2D eigenvalue weighted by Gasteiger charge is -2.13. The molecule has 0 unspecified atom stereocenters. The molecule has 4 heteroatoms. The lowest BCUT2D eigenvalue weighted by atomic mass is 10.0. The van der Waals surface area contributed by atoms with Crippen LogP contribution in [0.1, 0.15) is 18.4 Å². The summed E-state index contributed by atoms with van der Waals surface area (Å²) in [5.74, 6) is 1.59. The Bertz CT molecular complexity index is 877. The van der Waals surface area contributed by atoms with Gasteiger partial charge >= 0.3 is 0 Å². The van der Waals surface area contributed by atoms with E-state index < -0.39 is 0 Å². The smallest absolute Gasteiger partial charge is 0.257 e. The molecule has 26 heavy (non-hydrogen) atoms. The third kappa shape index (κ3) is 4.54. The van der Waals surface area contributed by atoms with Crippen LogP contribution in [0.3, 0.4) is 0 Å². The lowest BCUT2D eigenvalue weighted by Crippen LogP contribution is -2.31. The number of hydrogen-bond donors (Lipinski definition) is 1. The third-order valence-electron chi connectivity index (χ3n) is 4.36. The van der Waals surface area contributed by atoms with E-state index in [1.807, 2.05) is 54.6 Å². The number of amides is 1. The summed E-state index contributed by atoms with van der Waals surface area (Å²) in [7, 11) is 1.64. The van der Waals surface area contributed by atoms with Crippen molar-refractivity contribution in [1.82, 2.24) is 5.32 Å². The van der Waals surface area contributed by atoms with E-state index in [1.165, 1.54) is 5.56 Å². The summed E-state index contributed by atoms with van der Waals surface area (Å²) in [6, 6.07) is 21.8. The predicted molar refractivity (Wildman–Crippen MR) is 104 cm³/mol. The van der Waals surface area contributed by atoms with Crippen LogP contribution in [-0.4, -0.2) is 26.2 Å². The number of nitrogens with one attached hydrogen (secondary N) is 1. The van der Waals surface area contributed by atoms with Crippen LogP contribution >= 0.6 is 0 Å². The standard InChI is InChI=1S/C22H23NO3/c1-16(17-6-4-3-5-7-17)14-23-22(24)15-26-21-11-9-18-8-10-20(25-2)12-19(18)13-21/h3-13,16H,14-15H2,1-2H3,(H,23,24)/t16-/m0/s1. The first kappa shape index (κ1) is 17.8. The molecule has 0 aliphatic rings. The van der Waals surface area contributed by atoms with Crippen molar-refractivity contribution in [2.45, 2.75) is 12.8 Å². The maximum Gasteiger partial charge on any atom is 0.257 e. The van der Waals surface area contributed by atoms with Crippen molar-refractivity contribution in [3.8, 4) is 11.5 Å². The molecule has 0 fully saturated rings. The number of carbonyl (C=O) groups excluding carboxylic acids is 1. The SMILES string of the molecule is COc1ccc2ccc(OCC(=O)NC[C@H](C)c3ccccc3)cc2c1. The van der Waals surface area contributed by atoms with Crippen molar-refractivity contribution in [3.05, 3.63) is 72.3 Å². The highest BCUT2D eigenvalue weighted by atomic mass is 16.5. The first-order valence-electron chi connectivity index (χ1n) is 8.68. The van der Waals surface area contributed by atoms with Gasteiger partial charge in [-0.3, -0.25) is 4.79 Å². The van der Waals surface area contributed by atoms with E-state index in [0.717, 1.165) is 16.5 Å². The highest BCUT2D eigenvalue weighted by Crippen LogP contribution is 2.24. The zero-order valence-corrected chi connectivity index (χ0v) is 15.1. The van der Waals surface area contributed by atoms with E-state index in [9.17, 15) is 4.79 Å². The fraction of sp³-hybridized carbons (Fsp3) is 0.227. The first-order valence-corrected chi connectivity index (χ1v) is 8.68. The second-order valence-electron chi connectivity index (χ2n) is 6.28. The van der Waals surface area contributed by atoms with Gasteiger partial charge in [-0.2, -0.15) is 0 Å². The van der Waals surface area contributed by atoms with Crippen molar-refractivity contribution in [2.24, 2.45) is 0 Å². The van der Waals surface area contributed by atoms with Gasteiger partial charge in [-0.25, -0.2) is 0 Å². The third-order valence-corrected chi connectivity index (χ3v) is 4.36. The molecule has 0 heterocycles. The molecule has 4 nitrogen and oxygen atoms in total. The van der Waals surface area contributed by atoms with Crippen LogP contribution in [-0.2, 0) is 4.79 Å². The molecular formula is C22H23NO3. The number of rotatable bonds is 7. The van der Waals surface area contributed by atoms with Gasteiger partial charge in [0, 0.05) is 6.54 Å². The minimum absolute atomic E-state index is 0.00299. The fourth-order valence-electron chi connectivity index (χ4n) is 2.79. The number of benzene rings is 3. The van der Waals surface area contributed by atoms with Crippen molar-refractivity contribution in [2.75, 3.05) is 20.3 Å². The zero-order valence-electron chi connectivity index (χ0n) is 15.1. The van der Waals surface area contributed by atoms with Crippen molar-refractivity contribution in [3.63, 3.8) is 0 Å². The predicted octanol–water partition coefficient (Wildman–Crippen LogP) is 4.15. The Kier molecular flexibility index (Phi) is 5.74. The van der Waals surface area contributed by atoms with Gasteiger partial charge in [0.25, 0.3) is 5.91 Å². The Morgan fingerprint density at radius 3 is 2.38 bits per heavy atom. The van der Waals surface area contributed by atoms with Crippen molar-refractivity contribution >= 4 is 16.7 Å². The van der Waals surface area contributed by atoms with E-state index in [-0.39, 0.29) is 18.4 Å². The fourth-order valence-corrected chi connectivity index (χ4v) is 2.79. The van der Waals surface area contributed by atoms with Crippen LogP contribution in [0.25, 0.3) is 10.8 Å². The molecule has 1 N–H and O–H groups in total. The second-order valence-corrected chi connectivity index (χ2v) is 6.28. The van der Waals surface area contributed by atoms with Gasteiger partial charge in [0.1, 0.15) is 11.5 Å². The number of hydrogen-bond acceptors (Lipinski definition) is 3. The maximum atomic E-state index is 12.1. The number of carbonyl (C=O) groups is 1. The summed E-state index contributed by atoms with van der Waals surface area (Å²) in [6.45, 7) is 2.67. The van der Waals surface area contributed by atoms with Gasteiger partial charge in [-0.05, 0) is 46.5 Å². The summed E-state index contributed by atoms with van der Waals surface area (Å²) in [6.07, 6.45) is 0. The molecule has 0 saturated heterocycles. The van der Waals surface area contributed by atoms with Crippen LogP contribution in [0.5, 0.6) is 11.5 Å². The highest BCUT2D eigenvalue weighted by molar-refractivity contribution is 5.85. The van der Waals surface area contributed by atoms with Gasteiger partial charge in [0.05, 0.1) is 7.11 Å². The number of methoxy groups -OCH3 is 1. The maximum absolute atomic E-state index is 12.1. The van der Waals surface area contributed by atoms with Crippen LogP contribution in [0.4, 0.5) is 0 Å². The van der Waals surface area contributed by atoms with E-state index in [2.05, 4.69) is 24.4 Å². The summed E-state index contributed by atoms with van der Waals surface area (Å²) in [4.78, 5) is 12.1. The van der Waals surface area contributed by atoms with Gasteiger partial charge in [-0.15, -0.1) is 0 Å². The second kappa shape index (κ2) is 8.39. The Morgan fingerprint density at radius 2 is 1.65 bits per heavy atom. The molecular weight excluding hydrogens is 326 g/mol. The van der Waals surface area contributed by atoms with E-state index in [0.29, 0.717) is 12.3 Å². The highest BCUT2D eigenvalue weighted by Gasteiger charge is 2.08. The summed E-state index contributed by atoms with van der Waals surface area (Å²) < 4.78 is 10.9. The van der Waals surface area contributed by atoms with Crippen LogP contribution in [0.15, 0.2) is 66.7 Å². The lowest BCUT2D eigenvalue weighted by molar-refractivity contribution is -0.123. The normalized spacial score (nSPS) is 11.8. The number of ether oxygens (including phenoxy) is 2. The van der Waals surface area contributed by atoms with Gasteiger partial charge < -0.3 is 14.8 Å². The average molecular weight is 349 g/mol. The average Bonchev–Trinajstić information content (AvgIpc) is 2.70. The molecule has 0 aliphatic heterocycles. The van der Waals surface area contributed by atoms with Crippen LogP contribution < -0.4 is 14.8 Å². The Morgan fingerprint density at radius 1 is 0.962 bits per heavy atom. The van der Waals surface area contributed by atoms with Crippen LogP contribution in [0.2, 0.25) is 0 Å². The summed E-state index contributed by atoms with van der Waals surface area (Å²) in [5, 5.41) is 5.03. The molecule has 0 aromatic heterocycles. The zero-order chi connectivity index (χ0) is 18.4. The minimum atomic E-state index is -0.126. The molecule has 3 aromatic rings. The molecule has 0 spiro atoms. The summed E-state index contributed by atoms with van der Waals surface area (Å²) in [5.41, 5.74) is 1.21. The van der Waals surface area contributed by atoms with Crippen molar-refractivity contribution < 1.29 is 14.3 Å². The Balaban J connectivity index is 1.53. The van der Waals surface area contributed by atoms with Gasteiger partial charge in [0.15, 0.2) is 6.61 Å². The molecule has 0 saturated carbocycles. The topological polar surface area (TPSA) is 47.6 Å². The molecule has 0 aliphatic carbocycles. The largest absolute Gasteiger partial charge is 0.497 e. The molecule has 134 valence electrons. The van der Waals surface area contributed by atoms with Crippen molar-refractivity contribution in [1.29, 1.82) is 0 Å². The molecule has 1 atom stereocenters. The summed E-state index contributed by atoms with van der Waals surface area (Å²) >= 11 is 0. The number of fused-ring (bicyclic) bond motifs is 1. The Labute approximate surface area is 153 Å². The Hall–Kier alpha value is -3.01. The monoisotopic (exact) mass is 349 g/mol.